The van der Waals surface area contributed by atoms with Gasteiger partial charge in [-0.3, -0.25) is 19.8 Å². The van der Waals surface area contributed by atoms with Gasteiger partial charge in [-0.15, -0.1) is 0 Å². The second-order valence-corrected chi connectivity index (χ2v) is 6.15. The monoisotopic (exact) mass is 308 g/mol. The maximum absolute atomic E-state index is 13.0. The average Bonchev–Trinajstić information content (AvgIpc) is 2.94. The molecule has 1 aromatic carbocycles. The van der Waals surface area contributed by atoms with Crippen LogP contribution in [0.3, 0.4) is 0 Å². The lowest BCUT2D eigenvalue weighted by Gasteiger charge is -2.33. The van der Waals surface area contributed by atoms with Crippen LogP contribution in [0.4, 0.5) is 9.18 Å². The fourth-order valence-electron chi connectivity index (χ4n) is 2.61. The lowest BCUT2D eigenvalue weighted by Crippen LogP contribution is -2.60. The summed E-state index contributed by atoms with van der Waals surface area (Å²) in [5, 5.41) is 2.22. The predicted octanol–water partition coefficient (Wildman–Crippen LogP) is 1.49. The number of thioether (sulfide) groups is 1. The van der Waals surface area contributed by atoms with Crippen LogP contribution in [0.15, 0.2) is 24.3 Å². The number of hydrogen-bond acceptors (Lipinski definition) is 4. The highest BCUT2D eigenvalue weighted by Gasteiger charge is 2.44. The van der Waals surface area contributed by atoms with Crippen molar-refractivity contribution in [1.82, 2.24) is 10.2 Å². The zero-order chi connectivity index (χ0) is 15.0. The maximum atomic E-state index is 13.0. The van der Waals surface area contributed by atoms with Crippen LogP contribution in [0, 0.1) is 5.82 Å². The normalized spacial score (nSPS) is 26.1. The summed E-state index contributed by atoms with van der Waals surface area (Å²) in [4.78, 5) is 37.6. The largest absolute Gasteiger partial charge is 0.331 e. The minimum absolute atomic E-state index is 0.182. The van der Waals surface area contributed by atoms with E-state index < -0.39 is 29.6 Å². The minimum atomic E-state index is -1.09. The van der Waals surface area contributed by atoms with Crippen LogP contribution < -0.4 is 5.32 Å². The Labute approximate surface area is 124 Å². The Morgan fingerprint density at radius 2 is 1.90 bits per heavy atom. The Morgan fingerprint density at radius 3 is 2.52 bits per heavy atom. The molecule has 7 heteroatoms. The quantitative estimate of drug-likeness (QED) is 0.841. The molecular weight excluding hydrogens is 295 g/mol. The number of amides is 4. The van der Waals surface area contributed by atoms with E-state index in [-0.39, 0.29) is 6.04 Å². The van der Waals surface area contributed by atoms with Crippen molar-refractivity contribution >= 4 is 29.6 Å². The molecule has 2 heterocycles. The molecule has 0 saturated carbocycles. The minimum Gasteiger partial charge on any atom is -0.277 e. The predicted molar refractivity (Wildman–Crippen MR) is 75.3 cm³/mol. The Balaban J connectivity index is 1.92. The van der Waals surface area contributed by atoms with E-state index in [1.54, 1.807) is 11.8 Å². The third-order valence-electron chi connectivity index (χ3n) is 3.67. The van der Waals surface area contributed by atoms with Crippen LogP contribution in [-0.2, 0) is 9.59 Å². The molecular formula is C14H13FN2O3S. The van der Waals surface area contributed by atoms with E-state index in [1.807, 2.05) is 0 Å². The summed E-state index contributed by atoms with van der Waals surface area (Å²) in [5.74, 6) is -1.14. The standard InChI is InChI=1S/C14H13FN2O3S/c15-9-3-1-8(2-4-9)11-12(18)16-14(20)17(13(11)19)10-5-6-21-7-10/h1-4,10-11H,5-7H2,(H,16,18,20). The SMILES string of the molecule is O=C1NC(=O)N(C2CCSC2)C(=O)C1c1ccc(F)cc1. The van der Waals surface area contributed by atoms with Gasteiger partial charge in [-0.05, 0) is 29.9 Å². The van der Waals surface area contributed by atoms with Gasteiger partial charge in [0.1, 0.15) is 11.7 Å². The van der Waals surface area contributed by atoms with Crippen LogP contribution in [0.2, 0.25) is 0 Å². The molecule has 0 aromatic heterocycles. The van der Waals surface area contributed by atoms with E-state index in [0.717, 1.165) is 17.1 Å². The maximum Gasteiger partial charge on any atom is 0.331 e. The van der Waals surface area contributed by atoms with E-state index in [9.17, 15) is 18.8 Å². The molecule has 0 aliphatic carbocycles. The molecule has 0 spiro atoms. The zero-order valence-electron chi connectivity index (χ0n) is 11.0. The van der Waals surface area contributed by atoms with Gasteiger partial charge in [0.15, 0.2) is 0 Å². The fraction of sp³-hybridized carbons (Fsp3) is 0.357. The number of benzene rings is 1. The van der Waals surface area contributed by atoms with E-state index in [1.165, 1.54) is 24.3 Å². The summed E-state index contributed by atoms with van der Waals surface area (Å²) in [7, 11) is 0. The number of rotatable bonds is 2. The molecule has 5 nitrogen and oxygen atoms in total. The van der Waals surface area contributed by atoms with Crippen molar-refractivity contribution < 1.29 is 18.8 Å². The molecule has 21 heavy (non-hydrogen) atoms. The van der Waals surface area contributed by atoms with Gasteiger partial charge in [0.2, 0.25) is 11.8 Å². The van der Waals surface area contributed by atoms with Gasteiger partial charge < -0.3 is 0 Å². The molecule has 2 aliphatic rings. The summed E-state index contributed by atoms with van der Waals surface area (Å²) in [5.41, 5.74) is 0.391. The van der Waals surface area contributed by atoms with E-state index in [0.29, 0.717) is 11.3 Å². The first-order chi connectivity index (χ1) is 10.1. The highest BCUT2D eigenvalue weighted by Crippen LogP contribution is 2.29. The fourth-order valence-corrected chi connectivity index (χ4v) is 3.80. The second kappa shape index (κ2) is 5.48. The third-order valence-corrected chi connectivity index (χ3v) is 4.81. The highest BCUT2D eigenvalue weighted by molar-refractivity contribution is 7.99. The van der Waals surface area contributed by atoms with Crippen LogP contribution in [0.5, 0.6) is 0 Å². The van der Waals surface area contributed by atoms with Crippen LogP contribution in [0.25, 0.3) is 0 Å². The van der Waals surface area contributed by atoms with Gasteiger partial charge in [-0.25, -0.2) is 9.18 Å². The van der Waals surface area contributed by atoms with Crippen molar-refractivity contribution in [3.63, 3.8) is 0 Å². The van der Waals surface area contributed by atoms with Gasteiger partial charge in [0, 0.05) is 5.75 Å². The molecule has 1 N–H and O–H groups in total. The Kier molecular flexibility index (Phi) is 3.67. The van der Waals surface area contributed by atoms with Gasteiger partial charge in [-0.1, -0.05) is 12.1 Å². The van der Waals surface area contributed by atoms with E-state index in [2.05, 4.69) is 5.32 Å². The molecule has 2 saturated heterocycles. The van der Waals surface area contributed by atoms with Gasteiger partial charge in [0.25, 0.3) is 0 Å². The molecule has 110 valence electrons. The first-order valence-electron chi connectivity index (χ1n) is 6.59. The van der Waals surface area contributed by atoms with E-state index >= 15 is 0 Å². The summed E-state index contributed by atoms with van der Waals surface area (Å²) in [6, 6.07) is 4.35. The first-order valence-corrected chi connectivity index (χ1v) is 7.74. The summed E-state index contributed by atoms with van der Waals surface area (Å²) >= 11 is 1.67. The number of imide groups is 2. The number of hydrogen-bond donors (Lipinski definition) is 1. The zero-order valence-corrected chi connectivity index (χ0v) is 11.9. The molecule has 2 fully saturated rings. The van der Waals surface area contributed by atoms with Crippen LogP contribution >= 0.6 is 11.8 Å². The Hall–Kier alpha value is -1.89. The molecule has 0 bridgehead atoms. The molecule has 2 atom stereocenters. The summed E-state index contributed by atoms with van der Waals surface area (Å²) in [6.07, 6.45) is 0.730. The number of urea groups is 1. The van der Waals surface area contributed by atoms with Crippen molar-refractivity contribution in [2.24, 2.45) is 0 Å². The molecule has 4 amide bonds. The van der Waals surface area contributed by atoms with Crippen LogP contribution in [-0.4, -0.2) is 40.3 Å². The van der Waals surface area contributed by atoms with Crippen molar-refractivity contribution in [2.45, 2.75) is 18.4 Å². The van der Waals surface area contributed by atoms with Crippen LogP contribution in [0.1, 0.15) is 17.9 Å². The summed E-state index contributed by atoms with van der Waals surface area (Å²) in [6.45, 7) is 0. The summed E-state index contributed by atoms with van der Waals surface area (Å²) < 4.78 is 13.0. The first kappa shape index (κ1) is 14.1. The molecule has 1 aromatic rings. The highest BCUT2D eigenvalue weighted by atomic mass is 32.2. The van der Waals surface area contributed by atoms with Crippen molar-refractivity contribution in [1.29, 1.82) is 0 Å². The lowest BCUT2D eigenvalue weighted by molar-refractivity contribution is -0.139. The Bertz CT molecular complexity index is 599. The van der Waals surface area contributed by atoms with Gasteiger partial charge in [0.05, 0.1) is 6.04 Å². The second-order valence-electron chi connectivity index (χ2n) is 5.00. The molecule has 2 aliphatic heterocycles. The van der Waals surface area contributed by atoms with Gasteiger partial charge in [-0.2, -0.15) is 11.8 Å². The lowest BCUT2D eigenvalue weighted by atomic mass is 9.94. The average molecular weight is 308 g/mol. The van der Waals surface area contributed by atoms with Gasteiger partial charge >= 0.3 is 6.03 Å². The van der Waals surface area contributed by atoms with Crippen molar-refractivity contribution in [3.05, 3.63) is 35.6 Å². The van der Waals surface area contributed by atoms with E-state index in [4.69, 9.17) is 0 Å². The topological polar surface area (TPSA) is 66.5 Å². The molecule has 2 unspecified atom stereocenters. The number of carbonyl (C=O) groups is 3. The molecule has 0 radical (unpaired) electrons. The smallest absolute Gasteiger partial charge is 0.277 e. The number of halogens is 1. The third kappa shape index (κ3) is 2.53. The number of barbiturate groups is 1. The Morgan fingerprint density at radius 1 is 1.19 bits per heavy atom. The number of nitrogens with zero attached hydrogens (tertiary/aromatic N) is 1. The van der Waals surface area contributed by atoms with Crippen molar-refractivity contribution in [2.75, 3.05) is 11.5 Å². The molecule has 3 rings (SSSR count). The number of nitrogens with one attached hydrogen (secondary N) is 1. The number of carbonyl (C=O) groups excluding carboxylic acids is 3. The van der Waals surface area contributed by atoms with Crippen molar-refractivity contribution in [3.8, 4) is 0 Å².